The van der Waals surface area contributed by atoms with E-state index in [4.69, 9.17) is 11.6 Å². The largest absolute Gasteiger partial charge is 0.358 e. The standard InChI is InChI=1S/C19H17ClN2O/c20-13-7-5-12(6-8-13)19(23)21-14-9-10-16-15-3-1-2-4-17(15)22-18(16)11-14/h1-8,14,22H,9-11H2,(H,21,23). The van der Waals surface area contributed by atoms with Crippen LogP contribution in [0.3, 0.4) is 0 Å². The highest BCUT2D eigenvalue weighted by Gasteiger charge is 2.23. The van der Waals surface area contributed by atoms with Crippen LogP contribution in [0.4, 0.5) is 0 Å². The SMILES string of the molecule is O=C(NC1CCc2c([nH]c3ccccc23)C1)c1ccc(Cl)cc1. The van der Waals surface area contributed by atoms with Gasteiger partial charge in [-0.2, -0.15) is 0 Å². The molecule has 3 aromatic rings. The van der Waals surface area contributed by atoms with E-state index in [1.807, 2.05) is 6.07 Å². The molecule has 1 heterocycles. The maximum Gasteiger partial charge on any atom is 0.251 e. The van der Waals surface area contributed by atoms with Gasteiger partial charge in [0.25, 0.3) is 5.91 Å². The van der Waals surface area contributed by atoms with Crippen molar-refractivity contribution in [1.29, 1.82) is 0 Å². The highest BCUT2D eigenvalue weighted by molar-refractivity contribution is 6.30. The third kappa shape index (κ3) is 2.73. The minimum Gasteiger partial charge on any atom is -0.358 e. The molecule has 1 aliphatic carbocycles. The number of aromatic amines is 1. The van der Waals surface area contributed by atoms with Crippen molar-refractivity contribution in [3.05, 3.63) is 70.4 Å². The van der Waals surface area contributed by atoms with Crippen LogP contribution in [-0.2, 0) is 12.8 Å². The molecule has 2 aromatic carbocycles. The predicted molar refractivity (Wildman–Crippen MR) is 93.0 cm³/mol. The first kappa shape index (κ1) is 14.3. The van der Waals surface area contributed by atoms with Crippen molar-refractivity contribution in [2.75, 3.05) is 0 Å². The zero-order valence-electron chi connectivity index (χ0n) is 12.6. The Morgan fingerprint density at radius 2 is 1.91 bits per heavy atom. The van der Waals surface area contributed by atoms with Gasteiger partial charge >= 0.3 is 0 Å². The molecule has 0 fully saturated rings. The van der Waals surface area contributed by atoms with Crippen molar-refractivity contribution in [2.24, 2.45) is 0 Å². The molecule has 1 amide bonds. The molecule has 0 radical (unpaired) electrons. The second kappa shape index (κ2) is 5.74. The average molecular weight is 325 g/mol. The summed E-state index contributed by atoms with van der Waals surface area (Å²) in [6, 6.07) is 15.6. The summed E-state index contributed by atoms with van der Waals surface area (Å²) in [4.78, 5) is 15.8. The highest BCUT2D eigenvalue weighted by atomic mass is 35.5. The van der Waals surface area contributed by atoms with Crippen LogP contribution in [0.15, 0.2) is 48.5 Å². The maximum atomic E-state index is 12.3. The van der Waals surface area contributed by atoms with E-state index in [9.17, 15) is 4.79 Å². The maximum absolute atomic E-state index is 12.3. The molecule has 1 aromatic heterocycles. The molecule has 1 aliphatic rings. The monoisotopic (exact) mass is 324 g/mol. The molecule has 0 aliphatic heterocycles. The number of para-hydroxylation sites is 1. The van der Waals surface area contributed by atoms with Gasteiger partial charge in [-0.05, 0) is 48.7 Å². The van der Waals surface area contributed by atoms with E-state index < -0.39 is 0 Å². The molecule has 0 saturated heterocycles. The third-order valence-electron chi connectivity index (χ3n) is 4.54. The van der Waals surface area contributed by atoms with E-state index in [2.05, 4.69) is 28.5 Å². The third-order valence-corrected chi connectivity index (χ3v) is 4.79. The lowest BCUT2D eigenvalue weighted by molar-refractivity contribution is 0.0933. The Bertz CT molecular complexity index is 867. The Labute approximate surface area is 139 Å². The van der Waals surface area contributed by atoms with Crippen LogP contribution in [0.25, 0.3) is 10.9 Å². The minimum atomic E-state index is -0.0359. The zero-order chi connectivity index (χ0) is 15.8. The van der Waals surface area contributed by atoms with Crippen LogP contribution in [0.1, 0.15) is 28.0 Å². The number of benzene rings is 2. The summed E-state index contributed by atoms with van der Waals surface area (Å²) in [5, 5.41) is 5.09. The first-order chi connectivity index (χ1) is 11.2. The van der Waals surface area contributed by atoms with Crippen molar-refractivity contribution in [3.8, 4) is 0 Å². The zero-order valence-corrected chi connectivity index (χ0v) is 13.4. The number of aryl methyl sites for hydroxylation is 1. The van der Waals surface area contributed by atoms with Gasteiger partial charge in [0.1, 0.15) is 0 Å². The number of H-pyrrole nitrogens is 1. The Morgan fingerprint density at radius 3 is 2.74 bits per heavy atom. The van der Waals surface area contributed by atoms with E-state index in [0.29, 0.717) is 10.6 Å². The Balaban J connectivity index is 1.52. The van der Waals surface area contributed by atoms with Crippen LogP contribution >= 0.6 is 11.6 Å². The summed E-state index contributed by atoms with van der Waals surface area (Å²) in [6.45, 7) is 0. The number of rotatable bonds is 2. The fraction of sp³-hybridized carbons (Fsp3) is 0.211. The lowest BCUT2D eigenvalue weighted by Crippen LogP contribution is -2.38. The highest BCUT2D eigenvalue weighted by Crippen LogP contribution is 2.29. The van der Waals surface area contributed by atoms with Gasteiger partial charge < -0.3 is 10.3 Å². The molecule has 4 rings (SSSR count). The molecule has 116 valence electrons. The fourth-order valence-corrected chi connectivity index (χ4v) is 3.50. The molecular weight excluding hydrogens is 308 g/mol. The average Bonchev–Trinajstić information content (AvgIpc) is 2.93. The number of nitrogens with one attached hydrogen (secondary N) is 2. The van der Waals surface area contributed by atoms with Crippen LogP contribution in [0.2, 0.25) is 5.02 Å². The van der Waals surface area contributed by atoms with Crippen molar-refractivity contribution >= 4 is 28.4 Å². The van der Waals surface area contributed by atoms with Gasteiger partial charge in [0, 0.05) is 39.6 Å². The van der Waals surface area contributed by atoms with Gasteiger partial charge in [-0.25, -0.2) is 0 Å². The first-order valence-corrected chi connectivity index (χ1v) is 8.23. The van der Waals surface area contributed by atoms with Crippen molar-refractivity contribution < 1.29 is 4.79 Å². The quantitative estimate of drug-likeness (QED) is 0.732. The molecular formula is C19H17ClN2O. The van der Waals surface area contributed by atoms with Gasteiger partial charge in [-0.1, -0.05) is 29.8 Å². The van der Waals surface area contributed by atoms with Crippen LogP contribution in [0.5, 0.6) is 0 Å². The number of amides is 1. The summed E-state index contributed by atoms with van der Waals surface area (Å²) >= 11 is 5.87. The number of carbonyl (C=O) groups excluding carboxylic acids is 1. The van der Waals surface area contributed by atoms with Gasteiger partial charge in [0.15, 0.2) is 0 Å². The summed E-state index contributed by atoms with van der Waals surface area (Å²) in [5.41, 5.74) is 4.48. The lowest BCUT2D eigenvalue weighted by atomic mass is 9.91. The van der Waals surface area contributed by atoms with E-state index >= 15 is 0 Å². The molecule has 3 nitrogen and oxygen atoms in total. The number of aromatic nitrogens is 1. The van der Waals surface area contributed by atoms with E-state index in [1.165, 1.54) is 22.2 Å². The number of hydrogen-bond acceptors (Lipinski definition) is 1. The predicted octanol–water partition coefficient (Wildman–Crippen LogP) is 4.11. The van der Waals surface area contributed by atoms with Gasteiger partial charge in [-0.3, -0.25) is 4.79 Å². The molecule has 0 saturated carbocycles. The summed E-state index contributed by atoms with van der Waals surface area (Å²) in [7, 11) is 0. The number of carbonyl (C=O) groups is 1. The molecule has 1 unspecified atom stereocenters. The number of halogens is 1. The van der Waals surface area contributed by atoms with Crippen LogP contribution in [-0.4, -0.2) is 16.9 Å². The second-order valence-corrected chi connectivity index (χ2v) is 6.48. The number of hydrogen-bond donors (Lipinski definition) is 2. The fourth-order valence-electron chi connectivity index (χ4n) is 3.38. The summed E-state index contributed by atoms with van der Waals surface area (Å²) in [6.07, 6.45) is 2.81. The molecule has 2 N–H and O–H groups in total. The topological polar surface area (TPSA) is 44.9 Å². The Morgan fingerprint density at radius 1 is 1.13 bits per heavy atom. The first-order valence-electron chi connectivity index (χ1n) is 7.85. The van der Waals surface area contributed by atoms with Crippen molar-refractivity contribution in [2.45, 2.75) is 25.3 Å². The van der Waals surface area contributed by atoms with E-state index in [-0.39, 0.29) is 11.9 Å². The molecule has 0 bridgehead atoms. The Kier molecular flexibility index (Phi) is 3.58. The minimum absolute atomic E-state index is 0.0359. The van der Waals surface area contributed by atoms with Gasteiger partial charge in [0.05, 0.1) is 0 Å². The normalized spacial score (nSPS) is 17.0. The molecule has 23 heavy (non-hydrogen) atoms. The van der Waals surface area contributed by atoms with Crippen molar-refractivity contribution in [3.63, 3.8) is 0 Å². The van der Waals surface area contributed by atoms with E-state index in [1.54, 1.807) is 24.3 Å². The molecule has 0 spiro atoms. The summed E-state index contributed by atoms with van der Waals surface area (Å²) in [5.74, 6) is -0.0359. The van der Waals surface area contributed by atoms with Crippen LogP contribution < -0.4 is 5.32 Å². The molecule has 4 heteroatoms. The van der Waals surface area contributed by atoms with E-state index in [0.717, 1.165) is 19.3 Å². The lowest BCUT2D eigenvalue weighted by Gasteiger charge is -2.23. The molecule has 1 atom stereocenters. The number of fused-ring (bicyclic) bond motifs is 3. The van der Waals surface area contributed by atoms with Gasteiger partial charge in [0.2, 0.25) is 0 Å². The van der Waals surface area contributed by atoms with Crippen LogP contribution in [0, 0.1) is 0 Å². The smallest absolute Gasteiger partial charge is 0.251 e. The second-order valence-electron chi connectivity index (χ2n) is 6.05. The van der Waals surface area contributed by atoms with Crippen molar-refractivity contribution in [1.82, 2.24) is 10.3 Å². The van der Waals surface area contributed by atoms with Gasteiger partial charge in [-0.15, -0.1) is 0 Å². The summed E-state index contributed by atoms with van der Waals surface area (Å²) < 4.78 is 0. The Hall–Kier alpha value is -2.26.